The maximum atomic E-state index is 11.5. The van der Waals surface area contributed by atoms with E-state index in [-0.39, 0.29) is 9.92 Å². The quantitative estimate of drug-likeness (QED) is 0.771. The van der Waals surface area contributed by atoms with E-state index in [1.54, 1.807) is 6.07 Å². The minimum absolute atomic E-state index is 0.0988. The van der Waals surface area contributed by atoms with Crippen LogP contribution in [-0.4, -0.2) is 50.5 Å². The highest BCUT2D eigenvalue weighted by molar-refractivity contribution is 7.90. The van der Waals surface area contributed by atoms with Crippen molar-refractivity contribution in [3.63, 3.8) is 0 Å². The van der Waals surface area contributed by atoms with E-state index in [9.17, 15) is 13.2 Å². The highest BCUT2D eigenvalue weighted by Gasteiger charge is 2.21. The van der Waals surface area contributed by atoms with Crippen LogP contribution in [0.2, 0.25) is 5.02 Å². The summed E-state index contributed by atoms with van der Waals surface area (Å²) in [6.07, 6.45) is 3.91. The standard InChI is InChI=1S/C16H22ClNO5S/c1-24(21,22)15-5-4-13(11-14(15)17)23-10-2-3-12-6-8-18(9-7-12)16(19)20/h4-5,11-12H,2-3,6-10H2,1H3,(H,19,20). The number of likely N-dealkylation sites (tertiary alicyclic amines) is 1. The van der Waals surface area contributed by atoms with Gasteiger partial charge in [-0.2, -0.15) is 0 Å². The van der Waals surface area contributed by atoms with E-state index in [0.29, 0.717) is 31.4 Å². The third-order valence-electron chi connectivity index (χ3n) is 4.21. The lowest BCUT2D eigenvalue weighted by atomic mass is 9.92. The van der Waals surface area contributed by atoms with Crippen molar-refractivity contribution < 1.29 is 23.1 Å². The molecule has 1 N–H and O–H groups in total. The molecule has 0 spiro atoms. The molecular formula is C16H22ClNO5S. The van der Waals surface area contributed by atoms with Crippen molar-refractivity contribution in [2.24, 2.45) is 5.92 Å². The summed E-state index contributed by atoms with van der Waals surface area (Å²) in [6.45, 7) is 1.72. The lowest BCUT2D eigenvalue weighted by Gasteiger charge is -2.29. The molecule has 1 aliphatic heterocycles. The first-order chi connectivity index (χ1) is 11.3. The van der Waals surface area contributed by atoms with Gasteiger partial charge in [0.05, 0.1) is 16.5 Å². The predicted molar refractivity (Wildman–Crippen MR) is 91.6 cm³/mol. The van der Waals surface area contributed by atoms with Gasteiger partial charge in [-0.3, -0.25) is 0 Å². The van der Waals surface area contributed by atoms with Gasteiger partial charge in [-0.1, -0.05) is 11.6 Å². The van der Waals surface area contributed by atoms with Gasteiger partial charge in [-0.15, -0.1) is 0 Å². The Morgan fingerprint density at radius 1 is 1.38 bits per heavy atom. The number of amides is 1. The molecule has 0 saturated carbocycles. The van der Waals surface area contributed by atoms with Crippen molar-refractivity contribution in [3.05, 3.63) is 23.2 Å². The van der Waals surface area contributed by atoms with Crippen molar-refractivity contribution in [2.45, 2.75) is 30.6 Å². The van der Waals surface area contributed by atoms with Crippen LogP contribution in [0.1, 0.15) is 25.7 Å². The van der Waals surface area contributed by atoms with Crippen molar-refractivity contribution >= 4 is 27.5 Å². The third-order valence-corrected chi connectivity index (χ3v) is 5.79. The van der Waals surface area contributed by atoms with E-state index in [4.69, 9.17) is 21.4 Å². The number of rotatable bonds is 6. The molecule has 1 fully saturated rings. The van der Waals surface area contributed by atoms with E-state index in [1.165, 1.54) is 17.0 Å². The van der Waals surface area contributed by atoms with Crippen LogP contribution in [0.25, 0.3) is 0 Å². The Morgan fingerprint density at radius 3 is 2.58 bits per heavy atom. The molecule has 0 radical (unpaired) electrons. The van der Waals surface area contributed by atoms with E-state index < -0.39 is 15.9 Å². The highest BCUT2D eigenvalue weighted by Crippen LogP contribution is 2.27. The maximum Gasteiger partial charge on any atom is 0.407 e. The number of ether oxygens (including phenoxy) is 1. The number of halogens is 1. The molecule has 1 amide bonds. The Bertz CT molecular complexity index is 684. The van der Waals surface area contributed by atoms with Gasteiger partial charge in [0.25, 0.3) is 0 Å². The Morgan fingerprint density at radius 2 is 2.04 bits per heavy atom. The fraction of sp³-hybridized carbons (Fsp3) is 0.562. The molecule has 8 heteroatoms. The Balaban J connectivity index is 1.73. The van der Waals surface area contributed by atoms with Gasteiger partial charge in [-0.25, -0.2) is 13.2 Å². The lowest BCUT2D eigenvalue weighted by molar-refractivity contribution is 0.121. The average molecular weight is 376 g/mol. The molecule has 0 atom stereocenters. The van der Waals surface area contributed by atoms with E-state index in [1.807, 2.05) is 0 Å². The van der Waals surface area contributed by atoms with Crippen LogP contribution in [-0.2, 0) is 9.84 Å². The zero-order valence-electron chi connectivity index (χ0n) is 13.6. The molecule has 0 aliphatic carbocycles. The molecule has 0 unspecified atom stereocenters. The molecule has 2 rings (SSSR count). The number of hydrogen-bond donors (Lipinski definition) is 1. The second kappa shape index (κ2) is 8.07. The monoisotopic (exact) mass is 375 g/mol. The molecule has 24 heavy (non-hydrogen) atoms. The summed E-state index contributed by atoms with van der Waals surface area (Å²) in [6, 6.07) is 4.57. The van der Waals surface area contributed by atoms with E-state index in [0.717, 1.165) is 31.9 Å². The Kier molecular flexibility index (Phi) is 6.34. The second-order valence-electron chi connectivity index (χ2n) is 6.07. The number of sulfone groups is 1. The lowest BCUT2D eigenvalue weighted by Crippen LogP contribution is -2.37. The van der Waals surface area contributed by atoms with Gasteiger partial charge in [0, 0.05) is 25.4 Å². The summed E-state index contributed by atoms with van der Waals surface area (Å²) in [5.74, 6) is 1.08. The van der Waals surface area contributed by atoms with Gasteiger partial charge in [0.2, 0.25) is 0 Å². The summed E-state index contributed by atoms with van der Waals surface area (Å²) >= 11 is 5.98. The van der Waals surface area contributed by atoms with E-state index in [2.05, 4.69) is 0 Å². The number of nitrogens with zero attached hydrogens (tertiary/aromatic N) is 1. The van der Waals surface area contributed by atoms with Crippen LogP contribution in [0.15, 0.2) is 23.1 Å². The Hall–Kier alpha value is -1.47. The van der Waals surface area contributed by atoms with E-state index >= 15 is 0 Å². The topological polar surface area (TPSA) is 83.9 Å². The summed E-state index contributed by atoms with van der Waals surface area (Å²) in [5.41, 5.74) is 0. The maximum absolute atomic E-state index is 11.5. The fourth-order valence-corrected chi connectivity index (χ4v) is 4.17. The summed E-state index contributed by atoms with van der Waals surface area (Å²) in [4.78, 5) is 12.4. The van der Waals surface area contributed by atoms with Crippen molar-refractivity contribution in [1.82, 2.24) is 4.90 Å². The smallest absolute Gasteiger partial charge is 0.407 e. The molecule has 1 heterocycles. The second-order valence-corrected chi connectivity index (χ2v) is 8.46. The molecule has 1 aliphatic rings. The normalized spacial score (nSPS) is 16.2. The molecule has 1 aromatic rings. The van der Waals surface area contributed by atoms with Crippen molar-refractivity contribution in [3.8, 4) is 5.75 Å². The number of carboxylic acid groups (broad SMARTS) is 1. The van der Waals surface area contributed by atoms with Crippen LogP contribution in [0, 0.1) is 5.92 Å². The van der Waals surface area contributed by atoms with Crippen LogP contribution in [0.4, 0.5) is 4.79 Å². The summed E-state index contributed by atoms with van der Waals surface area (Å²) in [7, 11) is -3.33. The van der Waals surface area contributed by atoms with Gasteiger partial charge in [-0.05, 0) is 43.7 Å². The Labute approximate surface area is 147 Å². The van der Waals surface area contributed by atoms with Gasteiger partial charge < -0.3 is 14.7 Å². The molecule has 0 bridgehead atoms. The van der Waals surface area contributed by atoms with Crippen LogP contribution in [0.3, 0.4) is 0 Å². The highest BCUT2D eigenvalue weighted by atomic mass is 35.5. The number of hydrogen-bond acceptors (Lipinski definition) is 4. The van der Waals surface area contributed by atoms with Crippen LogP contribution < -0.4 is 4.74 Å². The number of piperidine rings is 1. The molecular weight excluding hydrogens is 354 g/mol. The molecule has 1 saturated heterocycles. The first kappa shape index (κ1) is 18.9. The molecule has 0 aromatic heterocycles. The molecule has 1 aromatic carbocycles. The SMILES string of the molecule is CS(=O)(=O)c1ccc(OCCCC2CCN(C(=O)O)CC2)cc1Cl. The summed E-state index contributed by atoms with van der Waals surface area (Å²) in [5, 5.41) is 9.08. The number of benzene rings is 1. The zero-order chi connectivity index (χ0) is 17.7. The first-order valence-corrected chi connectivity index (χ1v) is 10.1. The first-order valence-electron chi connectivity index (χ1n) is 7.87. The van der Waals surface area contributed by atoms with Crippen LogP contribution >= 0.6 is 11.6 Å². The van der Waals surface area contributed by atoms with Gasteiger partial charge >= 0.3 is 6.09 Å². The minimum Gasteiger partial charge on any atom is -0.494 e. The number of carbonyl (C=O) groups is 1. The minimum atomic E-state index is -3.33. The molecule has 6 nitrogen and oxygen atoms in total. The van der Waals surface area contributed by atoms with Crippen molar-refractivity contribution in [2.75, 3.05) is 26.0 Å². The van der Waals surface area contributed by atoms with Crippen molar-refractivity contribution in [1.29, 1.82) is 0 Å². The van der Waals surface area contributed by atoms with Gasteiger partial charge in [0.15, 0.2) is 9.84 Å². The zero-order valence-corrected chi connectivity index (χ0v) is 15.1. The molecule has 134 valence electrons. The third kappa shape index (κ3) is 5.27. The summed E-state index contributed by atoms with van der Waals surface area (Å²) < 4.78 is 28.6. The van der Waals surface area contributed by atoms with Crippen LogP contribution in [0.5, 0.6) is 5.75 Å². The van der Waals surface area contributed by atoms with Gasteiger partial charge in [0.1, 0.15) is 5.75 Å². The predicted octanol–water partition coefficient (Wildman–Crippen LogP) is 3.29. The fourth-order valence-electron chi connectivity index (χ4n) is 2.85. The largest absolute Gasteiger partial charge is 0.494 e. The average Bonchev–Trinajstić information content (AvgIpc) is 2.51.